The molecular weight excluding hydrogens is 414 g/mol. The smallest absolute Gasteiger partial charge is 0.337 e. The molecule has 0 spiro atoms. The predicted molar refractivity (Wildman–Crippen MR) is 81.1 cm³/mol. The molecule has 6 nitrogen and oxygen atoms in total. The van der Waals surface area contributed by atoms with Crippen molar-refractivity contribution in [3.63, 3.8) is 0 Å². The van der Waals surface area contributed by atoms with E-state index < -0.39 is 26.8 Å². The summed E-state index contributed by atoms with van der Waals surface area (Å²) in [5.41, 5.74) is -0.394. The lowest BCUT2D eigenvalue weighted by atomic mass is 10.2. The number of carbonyl (C=O) groups is 1. The standard InChI is InChI=1S/C12H8FIN2O4S/c13-9-2-1-5-15-11(9)21(19,20)16-10-4-3-7(14)6-8(10)12(17)18/h1-6,16H,(H,17,18). The molecule has 2 N–H and O–H groups in total. The number of pyridine rings is 1. The van der Waals surface area contributed by atoms with E-state index in [9.17, 15) is 17.6 Å². The van der Waals surface area contributed by atoms with Crippen LogP contribution in [-0.2, 0) is 10.0 Å². The molecule has 2 aromatic rings. The predicted octanol–water partition coefficient (Wildman–Crippen LogP) is 2.32. The third kappa shape index (κ3) is 3.47. The summed E-state index contributed by atoms with van der Waals surface area (Å²) in [7, 11) is -4.31. The van der Waals surface area contributed by atoms with Gasteiger partial charge in [0.2, 0.25) is 5.03 Å². The normalized spacial score (nSPS) is 11.1. The molecule has 0 unspecified atom stereocenters. The van der Waals surface area contributed by atoms with Gasteiger partial charge in [-0.1, -0.05) is 0 Å². The summed E-state index contributed by atoms with van der Waals surface area (Å²) in [4.78, 5) is 14.6. The van der Waals surface area contributed by atoms with Gasteiger partial charge in [0.05, 0.1) is 11.3 Å². The minimum Gasteiger partial charge on any atom is -0.478 e. The van der Waals surface area contributed by atoms with Crippen molar-refractivity contribution in [1.82, 2.24) is 4.98 Å². The van der Waals surface area contributed by atoms with E-state index in [0.29, 0.717) is 3.57 Å². The van der Waals surface area contributed by atoms with Crippen molar-refractivity contribution in [1.29, 1.82) is 0 Å². The molecule has 0 atom stereocenters. The number of rotatable bonds is 4. The number of hydrogen-bond acceptors (Lipinski definition) is 4. The van der Waals surface area contributed by atoms with Crippen LogP contribution in [0.1, 0.15) is 10.4 Å². The van der Waals surface area contributed by atoms with Gasteiger partial charge in [0.15, 0.2) is 5.82 Å². The van der Waals surface area contributed by atoms with Crippen LogP contribution in [0.3, 0.4) is 0 Å². The van der Waals surface area contributed by atoms with Gasteiger partial charge in [-0.25, -0.2) is 14.2 Å². The first kappa shape index (κ1) is 15.6. The summed E-state index contributed by atoms with van der Waals surface area (Å²) in [5.74, 6) is -2.32. The summed E-state index contributed by atoms with van der Waals surface area (Å²) in [6, 6.07) is 6.33. The van der Waals surface area contributed by atoms with Crippen LogP contribution in [0.4, 0.5) is 10.1 Å². The second-order valence-corrected chi connectivity index (χ2v) is 6.73. The largest absolute Gasteiger partial charge is 0.478 e. The van der Waals surface area contributed by atoms with Crippen LogP contribution in [0.15, 0.2) is 41.6 Å². The lowest BCUT2D eigenvalue weighted by Gasteiger charge is -2.10. The number of carboxylic acid groups (broad SMARTS) is 1. The van der Waals surface area contributed by atoms with Crippen LogP contribution >= 0.6 is 22.6 Å². The zero-order valence-corrected chi connectivity index (χ0v) is 13.2. The fourth-order valence-corrected chi connectivity index (χ4v) is 3.12. The van der Waals surface area contributed by atoms with Gasteiger partial charge < -0.3 is 5.11 Å². The number of sulfonamides is 1. The van der Waals surface area contributed by atoms with E-state index in [-0.39, 0.29) is 11.3 Å². The lowest BCUT2D eigenvalue weighted by molar-refractivity contribution is 0.0698. The first-order valence-electron chi connectivity index (χ1n) is 5.47. The highest BCUT2D eigenvalue weighted by molar-refractivity contribution is 14.1. The fraction of sp³-hybridized carbons (Fsp3) is 0. The van der Waals surface area contributed by atoms with Gasteiger partial charge in [-0.15, -0.1) is 0 Å². The van der Waals surface area contributed by atoms with Crippen molar-refractivity contribution < 1.29 is 22.7 Å². The highest BCUT2D eigenvalue weighted by Crippen LogP contribution is 2.22. The van der Waals surface area contributed by atoms with Crippen molar-refractivity contribution in [3.05, 3.63) is 51.5 Å². The molecule has 0 amide bonds. The van der Waals surface area contributed by atoms with Crippen LogP contribution in [0.5, 0.6) is 0 Å². The summed E-state index contributed by atoms with van der Waals surface area (Å²) in [6.45, 7) is 0. The molecule has 110 valence electrons. The summed E-state index contributed by atoms with van der Waals surface area (Å²) in [5, 5.41) is 8.29. The molecule has 0 aliphatic carbocycles. The molecule has 1 heterocycles. The number of carboxylic acids is 1. The average molecular weight is 422 g/mol. The van der Waals surface area contributed by atoms with Crippen LogP contribution in [0.2, 0.25) is 0 Å². The van der Waals surface area contributed by atoms with E-state index in [1.807, 2.05) is 27.3 Å². The Hall–Kier alpha value is -1.75. The van der Waals surface area contributed by atoms with E-state index in [1.54, 1.807) is 0 Å². The van der Waals surface area contributed by atoms with Gasteiger partial charge in [-0.05, 0) is 52.9 Å². The molecule has 0 aliphatic rings. The highest BCUT2D eigenvalue weighted by atomic mass is 127. The molecular formula is C12H8FIN2O4S. The Labute approximate surface area is 133 Å². The van der Waals surface area contributed by atoms with Crippen LogP contribution in [0, 0.1) is 9.39 Å². The zero-order valence-electron chi connectivity index (χ0n) is 10.2. The summed E-state index contributed by atoms with van der Waals surface area (Å²) < 4.78 is 40.3. The van der Waals surface area contributed by atoms with E-state index in [2.05, 4.69) is 4.98 Å². The molecule has 1 aromatic heterocycles. The number of aromatic nitrogens is 1. The van der Waals surface area contributed by atoms with Gasteiger partial charge in [-0.3, -0.25) is 4.72 Å². The van der Waals surface area contributed by atoms with E-state index >= 15 is 0 Å². The third-order valence-electron chi connectivity index (χ3n) is 2.44. The molecule has 21 heavy (non-hydrogen) atoms. The lowest BCUT2D eigenvalue weighted by Crippen LogP contribution is -2.18. The first-order chi connectivity index (χ1) is 9.81. The molecule has 0 saturated carbocycles. The highest BCUT2D eigenvalue weighted by Gasteiger charge is 2.23. The molecule has 9 heteroatoms. The molecule has 0 radical (unpaired) electrons. The second kappa shape index (κ2) is 5.93. The fourth-order valence-electron chi connectivity index (χ4n) is 1.54. The maximum absolute atomic E-state index is 13.5. The van der Waals surface area contributed by atoms with E-state index in [1.165, 1.54) is 24.3 Å². The van der Waals surface area contributed by atoms with Gasteiger partial charge >= 0.3 is 5.97 Å². The Morgan fingerprint density at radius 2 is 2.05 bits per heavy atom. The Bertz CT molecular complexity index is 811. The molecule has 2 rings (SSSR count). The van der Waals surface area contributed by atoms with Gasteiger partial charge in [0.25, 0.3) is 10.0 Å². The Balaban J connectivity index is 2.47. The first-order valence-corrected chi connectivity index (χ1v) is 8.03. The van der Waals surface area contributed by atoms with Gasteiger partial charge in [0.1, 0.15) is 0 Å². The van der Waals surface area contributed by atoms with Crippen molar-refractivity contribution in [2.24, 2.45) is 0 Å². The molecule has 0 bridgehead atoms. The average Bonchev–Trinajstić information content (AvgIpc) is 2.40. The number of halogens is 2. The van der Waals surface area contributed by atoms with Crippen LogP contribution < -0.4 is 4.72 Å². The van der Waals surface area contributed by atoms with Crippen molar-refractivity contribution in [2.75, 3.05) is 4.72 Å². The molecule has 1 aromatic carbocycles. The maximum Gasteiger partial charge on any atom is 0.337 e. The zero-order chi connectivity index (χ0) is 15.6. The van der Waals surface area contributed by atoms with Crippen molar-refractivity contribution in [2.45, 2.75) is 5.03 Å². The minimum atomic E-state index is -4.31. The Morgan fingerprint density at radius 3 is 2.67 bits per heavy atom. The van der Waals surface area contributed by atoms with Gasteiger partial charge in [0, 0.05) is 9.77 Å². The SMILES string of the molecule is O=C(O)c1cc(I)ccc1NS(=O)(=O)c1ncccc1F. The molecule has 0 saturated heterocycles. The maximum atomic E-state index is 13.5. The van der Waals surface area contributed by atoms with Crippen LogP contribution in [-0.4, -0.2) is 24.5 Å². The number of hydrogen-bond donors (Lipinski definition) is 2. The van der Waals surface area contributed by atoms with E-state index in [0.717, 1.165) is 12.3 Å². The van der Waals surface area contributed by atoms with Crippen molar-refractivity contribution in [3.8, 4) is 0 Å². The molecule has 0 aliphatic heterocycles. The van der Waals surface area contributed by atoms with Gasteiger partial charge in [-0.2, -0.15) is 8.42 Å². The summed E-state index contributed by atoms with van der Waals surface area (Å²) in [6.07, 6.45) is 1.13. The monoisotopic (exact) mass is 422 g/mol. The number of nitrogens with one attached hydrogen (secondary N) is 1. The van der Waals surface area contributed by atoms with Crippen LogP contribution in [0.25, 0.3) is 0 Å². The third-order valence-corrected chi connectivity index (χ3v) is 4.40. The summed E-state index contributed by atoms with van der Waals surface area (Å²) >= 11 is 1.90. The Morgan fingerprint density at radius 1 is 1.33 bits per heavy atom. The minimum absolute atomic E-state index is 0.159. The Kier molecular flexibility index (Phi) is 4.42. The number of aromatic carboxylic acids is 1. The van der Waals surface area contributed by atoms with E-state index in [4.69, 9.17) is 5.11 Å². The topological polar surface area (TPSA) is 96.4 Å². The molecule has 0 fully saturated rings. The number of anilines is 1. The number of nitrogens with zero attached hydrogens (tertiary/aromatic N) is 1. The number of benzene rings is 1. The van der Waals surface area contributed by atoms with Crippen molar-refractivity contribution >= 4 is 44.3 Å². The quantitative estimate of drug-likeness (QED) is 0.738. The second-order valence-electron chi connectivity index (χ2n) is 3.89.